The molecule has 0 radical (unpaired) electrons. The molecule has 0 aromatic carbocycles. The standard InChI is InChI=1S/C15H20N4OS2/c1-11-5-7-19(8-6-11)13(20)10-22-15-17-16-14(18(15)2)12-4-3-9-21-12/h3-4,9,11H,5-8,10H2,1-2H3. The van der Waals surface area contributed by atoms with Gasteiger partial charge in [0.25, 0.3) is 0 Å². The molecular weight excluding hydrogens is 316 g/mol. The molecule has 3 rings (SSSR count). The van der Waals surface area contributed by atoms with Crippen LogP contribution in [0.5, 0.6) is 0 Å². The first-order valence-electron chi connectivity index (χ1n) is 7.49. The maximum Gasteiger partial charge on any atom is 0.233 e. The molecule has 0 spiro atoms. The quantitative estimate of drug-likeness (QED) is 0.806. The second kappa shape index (κ2) is 6.83. The lowest BCUT2D eigenvalue weighted by Crippen LogP contribution is -2.38. The Morgan fingerprint density at radius 1 is 1.41 bits per heavy atom. The van der Waals surface area contributed by atoms with Crippen LogP contribution in [0.1, 0.15) is 19.8 Å². The molecule has 1 aliphatic heterocycles. The van der Waals surface area contributed by atoms with E-state index in [-0.39, 0.29) is 5.91 Å². The Hall–Kier alpha value is -1.34. The Labute approximate surface area is 138 Å². The molecule has 1 amide bonds. The second-order valence-corrected chi connectivity index (χ2v) is 7.58. The van der Waals surface area contributed by atoms with Gasteiger partial charge in [-0.05, 0) is 30.2 Å². The normalized spacial score (nSPS) is 16.2. The lowest BCUT2D eigenvalue weighted by molar-refractivity contribution is -0.129. The highest BCUT2D eigenvalue weighted by Crippen LogP contribution is 2.26. The number of hydrogen-bond donors (Lipinski definition) is 0. The number of thioether (sulfide) groups is 1. The van der Waals surface area contributed by atoms with Gasteiger partial charge in [0.1, 0.15) is 0 Å². The Morgan fingerprint density at radius 3 is 2.86 bits per heavy atom. The Balaban J connectivity index is 1.59. The van der Waals surface area contributed by atoms with Crippen molar-refractivity contribution in [3.63, 3.8) is 0 Å². The number of piperidine rings is 1. The minimum Gasteiger partial charge on any atom is -0.342 e. The summed E-state index contributed by atoms with van der Waals surface area (Å²) in [5.41, 5.74) is 0. The maximum atomic E-state index is 12.3. The van der Waals surface area contributed by atoms with Crippen LogP contribution in [0.3, 0.4) is 0 Å². The average molecular weight is 336 g/mol. The number of rotatable bonds is 4. The van der Waals surface area contributed by atoms with Crippen molar-refractivity contribution < 1.29 is 4.79 Å². The monoisotopic (exact) mass is 336 g/mol. The van der Waals surface area contributed by atoms with Gasteiger partial charge < -0.3 is 9.47 Å². The van der Waals surface area contributed by atoms with Gasteiger partial charge in [-0.25, -0.2) is 0 Å². The van der Waals surface area contributed by atoms with Crippen molar-refractivity contribution in [1.82, 2.24) is 19.7 Å². The fourth-order valence-corrected chi connectivity index (χ4v) is 4.09. The highest BCUT2D eigenvalue weighted by atomic mass is 32.2. The zero-order chi connectivity index (χ0) is 15.5. The number of thiophene rings is 1. The molecule has 0 aliphatic carbocycles. The molecule has 0 saturated carbocycles. The fraction of sp³-hybridized carbons (Fsp3) is 0.533. The Bertz CT molecular complexity index is 630. The predicted molar refractivity (Wildman–Crippen MR) is 90.0 cm³/mol. The van der Waals surface area contributed by atoms with Gasteiger partial charge in [-0.1, -0.05) is 24.8 Å². The van der Waals surface area contributed by atoms with Gasteiger partial charge in [-0.2, -0.15) is 0 Å². The van der Waals surface area contributed by atoms with Crippen LogP contribution < -0.4 is 0 Å². The van der Waals surface area contributed by atoms with Gasteiger partial charge >= 0.3 is 0 Å². The Kier molecular flexibility index (Phi) is 4.83. The van der Waals surface area contributed by atoms with Gasteiger partial charge in [-0.15, -0.1) is 21.5 Å². The molecule has 5 nitrogen and oxygen atoms in total. The van der Waals surface area contributed by atoms with Gasteiger partial charge in [0.2, 0.25) is 5.91 Å². The third-order valence-corrected chi connectivity index (χ3v) is 5.91. The summed E-state index contributed by atoms with van der Waals surface area (Å²) in [6.07, 6.45) is 2.23. The molecule has 118 valence electrons. The molecule has 3 heterocycles. The first-order chi connectivity index (χ1) is 10.6. The molecule has 0 unspecified atom stereocenters. The van der Waals surface area contributed by atoms with Crippen molar-refractivity contribution in [3.05, 3.63) is 17.5 Å². The average Bonchev–Trinajstić information content (AvgIpc) is 3.15. The second-order valence-electron chi connectivity index (χ2n) is 5.69. The lowest BCUT2D eigenvalue weighted by atomic mass is 9.99. The number of hydrogen-bond acceptors (Lipinski definition) is 5. The summed E-state index contributed by atoms with van der Waals surface area (Å²) in [6.45, 7) is 4.03. The topological polar surface area (TPSA) is 51.0 Å². The summed E-state index contributed by atoms with van der Waals surface area (Å²) in [7, 11) is 1.95. The van der Waals surface area contributed by atoms with Crippen molar-refractivity contribution >= 4 is 29.0 Å². The molecule has 0 bridgehead atoms. The van der Waals surface area contributed by atoms with E-state index in [1.54, 1.807) is 11.3 Å². The van der Waals surface area contributed by atoms with E-state index in [0.29, 0.717) is 5.75 Å². The third-order valence-electron chi connectivity index (χ3n) is 4.04. The number of aromatic nitrogens is 3. The summed E-state index contributed by atoms with van der Waals surface area (Å²) in [5, 5.41) is 11.3. The summed E-state index contributed by atoms with van der Waals surface area (Å²) >= 11 is 3.11. The van der Waals surface area contributed by atoms with Gasteiger partial charge in [0.15, 0.2) is 11.0 Å². The molecule has 2 aromatic rings. The number of likely N-dealkylation sites (tertiary alicyclic amines) is 1. The van der Waals surface area contributed by atoms with Gasteiger partial charge in [-0.3, -0.25) is 4.79 Å². The smallest absolute Gasteiger partial charge is 0.233 e. The molecule has 0 N–H and O–H groups in total. The van der Waals surface area contributed by atoms with Crippen molar-refractivity contribution in [2.45, 2.75) is 24.9 Å². The van der Waals surface area contributed by atoms with E-state index in [9.17, 15) is 4.79 Å². The highest BCUT2D eigenvalue weighted by Gasteiger charge is 2.21. The van der Waals surface area contributed by atoms with Crippen molar-refractivity contribution in [2.24, 2.45) is 13.0 Å². The van der Waals surface area contributed by atoms with E-state index in [4.69, 9.17) is 0 Å². The zero-order valence-electron chi connectivity index (χ0n) is 12.9. The van der Waals surface area contributed by atoms with E-state index in [0.717, 1.165) is 47.7 Å². The van der Waals surface area contributed by atoms with Crippen LogP contribution in [0.2, 0.25) is 0 Å². The minimum absolute atomic E-state index is 0.206. The molecule has 2 aromatic heterocycles. The minimum atomic E-state index is 0.206. The summed E-state index contributed by atoms with van der Waals surface area (Å²) in [4.78, 5) is 15.3. The van der Waals surface area contributed by atoms with Crippen LogP contribution in [0.15, 0.2) is 22.7 Å². The zero-order valence-corrected chi connectivity index (χ0v) is 14.5. The number of carbonyl (C=O) groups is 1. The van der Waals surface area contributed by atoms with E-state index >= 15 is 0 Å². The van der Waals surface area contributed by atoms with Gasteiger partial charge in [0, 0.05) is 20.1 Å². The predicted octanol–water partition coefficient (Wildman–Crippen LogP) is 2.89. The van der Waals surface area contributed by atoms with Crippen LogP contribution >= 0.6 is 23.1 Å². The SMILES string of the molecule is CC1CCN(C(=O)CSc2nnc(-c3cccs3)n2C)CC1. The molecule has 1 saturated heterocycles. The first kappa shape index (κ1) is 15.6. The third kappa shape index (κ3) is 3.35. The number of nitrogens with zero attached hydrogens (tertiary/aromatic N) is 4. The summed E-state index contributed by atoms with van der Waals surface area (Å²) in [6, 6.07) is 4.03. The first-order valence-corrected chi connectivity index (χ1v) is 9.35. The van der Waals surface area contributed by atoms with Crippen LogP contribution in [-0.4, -0.2) is 44.4 Å². The largest absolute Gasteiger partial charge is 0.342 e. The molecule has 22 heavy (non-hydrogen) atoms. The lowest BCUT2D eigenvalue weighted by Gasteiger charge is -2.30. The van der Waals surface area contributed by atoms with E-state index in [1.807, 2.05) is 34.0 Å². The fourth-order valence-electron chi connectivity index (χ4n) is 2.54. The van der Waals surface area contributed by atoms with Crippen LogP contribution in [0, 0.1) is 5.92 Å². The molecule has 0 atom stereocenters. The summed E-state index contributed by atoms with van der Waals surface area (Å²) in [5.74, 6) is 2.24. The van der Waals surface area contributed by atoms with Crippen LogP contribution in [0.25, 0.3) is 10.7 Å². The van der Waals surface area contributed by atoms with Gasteiger partial charge in [0.05, 0.1) is 10.6 Å². The molecule has 1 aliphatic rings. The van der Waals surface area contributed by atoms with E-state index < -0.39 is 0 Å². The van der Waals surface area contributed by atoms with Crippen molar-refractivity contribution in [1.29, 1.82) is 0 Å². The van der Waals surface area contributed by atoms with E-state index in [2.05, 4.69) is 17.1 Å². The van der Waals surface area contributed by atoms with Crippen LogP contribution in [0.4, 0.5) is 0 Å². The summed E-state index contributed by atoms with van der Waals surface area (Å²) < 4.78 is 1.96. The molecule has 7 heteroatoms. The van der Waals surface area contributed by atoms with Crippen molar-refractivity contribution in [2.75, 3.05) is 18.8 Å². The number of amides is 1. The van der Waals surface area contributed by atoms with Crippen LogP contribution in [-0.2, 0) is 11.8 Å². The maximum absolute atomic E-state index is 12.3. The van der Waals surface area contributed by atoms with E-state index in [1.165, 1.54) is 11.8 Å². The highest BCUT2D eigenvalue weighted by molar-refractivity contribution is 7.99. The number of carbonyl (C=O) groups excluding carboxylic acids is 1. The molecule has 1 fully saturated rings. The Morgan fingerprint density at radius 2 is 2.18 bits per heavy atom. The van der Waals surface area contributed by atoms with Crippen molar-refractivity contribution in [3.8, 4) is 10.7 Å². The molecular formula is C15H20N4OS2.